The van der Waals surface area contributed by atoms with Crippen molar-refractivity contribution in [2.75, 3.05) is 20.1 Å². The summed E-state index contributed by atoms with van der Waals surface area (Å²) in [5.41, 5.74) is 4.14. The van der Waals surface area contributed by atoms with Crippen LogP contribution in [-0.4, -0.2) is 25.2 Å². The zero-order valence-corrected chi connectivity index (χ0v) is 14.1. The van der Waals surface area contributed by atoms with Crippen molar-refractivity contribution >= 4 is 17.3 Å². The second-order valence-corrected chi connectivity index (χ2v) is 5.88. The second kappa shape index (κ2) is 8.73. The summed E-state index contributed by atoms with van der Waals surface area (Å²) < 4.78 is 0. The molecule has 0 saturated carbocycles. The van der Waals surface area contributed by atoms with Gasteiger partial charge in [0.05, 0.1) is 6.10 Å². The molecule has 0 aromatic heterocycles. The summed E-state index contributed by atoms with van der Waals surface area (Å²) in [6, 6.07) is 15.6. The monoisotopic (exact) mass is 330 g/mol. The number of aliphatic hydroxyl groups is 1. The van der Waals surface area contributed by atoms with Gasteiger partial charge in [-0.1, -0.05) is 54.6 Å². The van der Waals surface area contributed by atoms with Crippen molar-refractivity contribution in [2.24, 2.45) is 0 Å². The standard InChI is InChI=1S/C19H23ClN2O/c1-14(21-2)16-5-3-15(4-6-16)11-12-22-13-19(23)17-7-9-18(20)10-8-17/h3-10,19,21-23H,1,11-13H2,2H3. The van der Waals surface area contributed by atoms with Crippen LogP contribution in [0.3, 0.4) is 0 Å². The Balaban J connectivity index is 1.74. The molecule has 0 aliphatic rings. The summed E-state index contributed by atoms with van der Waals surface area (Å²) in [6.45, 7) is 5.28. The Labute approximate surface area is 143 Å². The number of hydrogen-bond donors (Lipinski definition) is 3. The third kappa shape index (κ3) is 5.39. The molecule has 0 heterocycles. The number of halogens is 1. The van der Waals surface area contributed by atoms with Crippen LogP contribution in [0, 0.1) is 0 Å². The van der Waals surface area contributed by atoms with Crippen LogP contribution in [0.15, 0.2) is 55.1 Å². The number of benzene rings is 2. The van der Waals surface area contributed by atoms with E-state index in [0.717, 1.165) is 29.8 Å². The van der Waals surface area contributed by atoms with Crippen molar-refractivity contribution in [2.45, 2.75) is 12.5 Å². The second-order valence-electron chi connectivity index (χ2n) is 5.45. The number of rotatable bonds is 8. The van der Waals surface area contributed by atoms with Crippen LogP contribution < -0.4 is 10.6 Å². The quantitative estimate of drug-likeness (QED) is 0.650. The molecule has 3 N–H and O–H groups in total. The van der Waals surface area contributed by atoms with Gasteiger partial charge in [0.15, 0.2) is 0 Å². The average Bonchev–Trinajstić information content (AvgIpc) is 2.59. The van der Waals surface area contributed by atoms with Crippen molar-refractivity contribution < 1.29 is 5.11 Å². The lowest BCUT2D eigenvalue weighted by Crippen LogP contribution is -2.23. The van der Waals surface area contributed by atoms with Gasteiger partial charge >= 0.3 is 0 Å². The van der Waals surface area contributed by atoms with Gasteiger partial charge in [0.25, 0.3) is 0 Å². The molecule has 0 radical (unpaired) electrons. The molecule has 23 heavy (non-hydrogen) atoms. The molecule has 0 bridgehead atoms. The van der Waals surface area contributed by atoms with Gasteiger partial charge in [0, 0.05) is 24.3 Å². The summed E-state index contributed by atoms with van der Waals surface area (Å²) in [5, 5.41) is 17.1. The van der Waals surface area contributed by atoms with E-state index in [1.807, 2.05) is 19.2 Å². The van der Waals surface area contributed by atoms with E-state index in [9.17, 15) is 5.11 Å². The van der Waals surface area contributed by atoms with Crippen LogP contribution in [0.5, 0.6) is 0 Å². The molecular weight excluding hydrogens is 308 g/mol. The van der Waals surface area contributed by atoms with Gasteiger partial charge in [-0.3, -0.25) is 0 Å². The Kier molecular flexibility index (Phi) is 6.66. The highest BCUT2D eigenvalue weighted by Crippen LogP contribution is 2.16. The minimum absolute atomic E-state index is 0.520. The molecule has 0 spiro atoms. The van der Waals surface area contributed by atoms with Gasteiger partial charge in [0.2, 0.25) is 0 Å². The predicted molar refractivity (Wildman–Crippen MR) is 97.5 cm³/mol. The van der Waals surface area contributed by atoms with E-state index in [2.05, 4.69) is 41.5 Å². The molecule has 2 aromatic rings. The summed E-state index contributed by atoms with van der Waals surface area (Å²) in [7, 11) is 1.87. The molecule has 0 aliphatic heterocycles. The predicted octanol–water partition coefficient (Wildman–Crippen LogP) is 3.40. The summed E-state index contributed by atoms with van der Waals surface area (Å²) in [4.78, 5) is 0. The van der Waals surface area contributed by atoms with E-state index in [0.29, 0.717) is 11.6 Å². The van der Waals surface area contributed by atoms with Crippen molar-refractivity contribution in [1.82, 2.24) is 10.6 Å². The summed E-state index contributed by atoms with van der Waals surface area (Å²) in [6.07, 6.45) is 0.396. The Bertz CT molecular complexity index is 623. The number of aliphatic hydroxyl groups excluding tert-OH is 1. The Hall–Kier alpha value is -1.81. The highest BCUT2D eigenvalue weighted by molar-refractivity contribution is 6.30. The van der Waals surface area contributed by atoms with E-state index in [1.165, 1.54) is 5.56 Å². The molecule has 0 saturated heterocycles. The van der Waals surface area contributed by atoms with Crippen molar-refractivity contribution in [3.8, 4) is 0 Å². The lowest BCUT2D eigenvalue weighted by molar-refractivity contribution is 0.175. The molecular formula is C19H23ClN2O. The molecule has 122 valence electrons. The first-order valence-corrected chi connectivity index (χ1v) is 8.08. The fraction of sp³-hybridized carbons (Fsp3) is 0.263. The fourth-order valence-electron chi connectivity index (χ4n) is 2.29. The van der Waals surface area contributed by atoms with E-state index >= 15 is 0 Å². The molecule has 3 nitrogen and oxygen atoms in total. The van der Waals surface area contributed by atoms with Crippen LogP contribution in [-0.2, 0) is 6.42 Å². The van der Waals surface area contributed by atoms with Gasteiger partial charge < -0.3 is 15.7 Å². The lowest BCUT2D eigenvalue weighted by atomic mass is 10.1. The third-order valence-electron chi connectivity index (χ3n) is 3.79. The Morgan fingerprint density at radius 2 is 1.78 bits per heavy atom. The van der Waals surface area contributed by atoms with Gasteiger partial charge in [0.1, 0.15) is 0 Å². The van der Waals surface area contributed by atoms with Gasteiger partial charge in [-0.2, -0.15) is 0 Å². The minimum atomic E-state index is -0.520. The van der Waals surface area contributed by atoms with Crippen molar-refractivity contribution in [1.29, 1.82) is 0 Å². The van der Waals surface area contributed by atoms with Crippen molar-refractivity contribution in [3.05, 3.63) is 76.8 Å². The zero-order valence-electron chi connectivity index (χ0n) is 13.3. The Morgan fingerprint density at radius 3 is 2.39 bits per heavy atom. The van der Waals surface area contributed by atoms with E-state index < -0.39 is 6.10 Å². The first-order chi connectivity index (χ1) is 11.1. The maximum Gasteiger partial charge on any atom is 0.0914 e. The topological polar surface area (TPSA) is 44.3 Å². The molecule has 2 aromatic carbocycles. The van der Waals surface area contributed by atoms with Crippen molar-refractivity contribution in [3.63, 3.8) is 0 Å². The van der Waals surface area contributed by atoms with Gasteiger partial charge in [-0.05, 0) is 41.8 Å². The first-order valence-electron chi connectivity index (χ1n) is 7.70. The van der Waals surface area contributed by atoms with Crippen LogP contribution >= 0.6 is 11.6 Å². The highest BCUT2D eigenvalue weighted by Gasteiger charge is 2.06. The van der Waals surface area contributed by atoms with Crippen LogP contribution in [0.2, 0.25) is 5.02 Å². The van der Waals surface area contributed by atoms with Gasteiger partial charge in [-0.15, -0.1) is 0 Å². The third-order valence-corrected chi connectivity index (χ3v) is 4.04. The molecule has 2 rings (SSSR count). The van der Waals surface area contributed by atoms with E-state index in [1.54, 1.807) is 12.1 Å². The normalized spacial score (nSPS) is 12.0. The fourth-order valence-corrected chi connectivity index (χ4v) is 2.42. The van der Waals surface area contributed by atoms with Crippen LogP contribution in [0.4, 0.5) is 0 Å². The molecule has 0 fully saturated rings. The molecule has 0 amide bonds. The lowest BCUT2D eigenvalue weighted by Gasteiger charge is -2.12. The first kappa shape index (κ1) is 17.5. The molecule has 0 aliphatic carbocycles. The smallest absolute Gasteiger partial charge is 0.0914 e. The SMILES string of the molecule is C=C(NC)c1ccc(CCNCC(O)c2ccc(Cl)cc2)cc1. The van der Waals surface area contributed by atoms with Gasteiger partial charge in [-0.25, -0.2) is 0 Å². The zero-order chi connectivity index (χ0) is 16.7. The molecule has 1 unspecified atom stereocenters. The van der Waals surface area contributed by atoms with E-state index in [-0.39, 0.29) is 0 Å². The summed E-state index contributed by atoms with van der Waals surface area (Å²) in [5.74, 6) is 0. The maximum atomic E-state index is 10.1. The number of nitrogens with one attached hydrogen (secondary N) is 2. The summed E-state index contributed by atoms with van der Waals surface area (Å²) >= 11 is 5.84. The minimum Gasteiger partial charge on any atom is -0.388 e. The molecule has 4 heteroatoms. The Morgan fingerprint density at radius 1 is 1.13 bits per heavy atom. The largest absolute Gasteiger partial charge is 0.388 e. The van der Waals surface area contributed by atoms with Crippen LogP contribution in [0.1, 0.15) is 22.8 Å². The highest BCUT2D eigenvalue weighted by atomic mass is 35.5. The molecule has 1 atom stereocenters. The number of hydrogen-bond acceptors (Lipinski definition) is 3. The van der Waals surface area contributed by atoms with E-state index in [4.69, 9.17) is 11.6 Å². The van der Waals surface area contributed by atoms with Crippen LogP contribution in [0.25, 0.3) is 5.70 Å². The maximum absolute atomic E-state index is 10.1. The average molecular weight is 331 g/mol.